The zero-order valence-electron chi connectivity index (χ0n) is 12.6. The molecule has 0 aromatic carbocycles. The predicted octanol–water partition coefficient (Wildman–Crippen LogP) is 2.83. The second-order valence-corrected chi connectivity index (χ2v) is 8.32. The molecule has 6 heteroatoms. The molecule has 0 spiro atoms. The van der Waals surface area contributed by atoms with Crippen LogP contribution in [0.4, 0.5) is 0 Å². The first-order chi connectivity index (χ1) is 9.25. The molecule has 1 aromatic rings. The summed E-state index contributed by atoms with van der Waals surface area (Å²) in [5.41, 5.74) is -0.482. The normalized spacial score (nSPS) is 12.8. The molecule has 114 valence electrons. The highest BCUT2D eigenvalue weighted by Gasteiger charge is 2.34. The van der Waals surface area contributed by atoms with E-state index in [9.17, 15) is 8.42 Å². The minimum Gasteiger partial charge on any atom is -0.312 e. The van der Waals surface area contributed by atoms with Gasteiger partial charge in [0, 0.05) is 23.5 Å². The number of thiophene rings is 1. The molecule has 0 aliphatic rings. The Morgan fingerprint density at radius 2 is 2.10 bits per heavy atom. The van der Waals surface area contributed by atoms with Crippen LogP contribution >= 0.6 is 11.3 Å². The molecule has 0 fully saturated rings. The van der Waals surface area contributed by atoms with E-state index in [2.05, 4.69) is 11.9 Å². The van der Waals surface area contributed by atoms with Crippen LogP contribution in [0.3, 0.4) is 0 Å². The second-order valence-electron chi connectivity index (χ2n) is 5.48. The van der Waals surface area contributed by atoms with Gasteiger partial charge in [0.05, 0.1) is 4.90 Å². The van der Waals surface area contributed by atoms with Gasteiger partial charge in [0.25, 0.3) is 0 Å². The van der Waals surface area contributed by atoms with Crippen LogP contribution in [0, 0.1) is 0 Å². The predicted molar refractivity (Wildman–Crippen MR) is 85.5 cm³/mol. The van der Waals surface area contributed by atoms with Crippen molar-refractivity contribution in [3.63, 3.8) is 0 Å². The lowest BCUT2D eigenvalue weighted by molar-refractivity contribution is 0.269. The van der Waals surface area contributed by atoms with E-state index in [1.54, 1.807) is 12.1 Å². The molecule has 0 aliphatic heterocycles. The molecule has 1 rings (SSSR count). The van der Waals surface area contributed by atoms with Gasteiger partial charge < -0.3 is 5.32 Å². The molecule has 0 aliphatic carbocycles. The first kappa shape index (κ1) is 17.4. The molecular weight excluding hydrogens is 292 g/mol. The van der Waals surface area contributed by atoms with Crippen LogP contribution in [0.25, 0.3) is 0 Å². The Bertz CT molecular complexity index is 542. The largest absolute Gasteiger partial charge is 0.312 e. The van der Waals surface area contributed by atoms with Crippen molar-refractivity contribution in [1.82, 2.24) is 9.62 Å². The third-order valence-electron chi connectivity index (χ3n) is 2.85. The van der Waals surface area contributed by atoms with Crippen molar-refractivity contribution in [1.29, 1.82) is 0 Å². The minimum absolute atomic E-state index is 0.308. The van der Waals surface area contributed by atoms with Gasteiger partial charge in [0.15, 0.2) is 0 Å². The molecule has 1 N–H and O–H groups in total. The highest BCUT2D eigenvalue weighted by Crippen LogP contribution is 2.29. The summed E-state index contributed by atoms with van der Waals surface area (Å²) in [6.45, 7) is 13.0. The highest BCUT2D eigenvalue weighted by atomic mass is 32.2. The molecule has 0 unspecified atom stereocenters. The third-order valence-corrected chi connectivity index (χ3v) is 6.12. The van der Waals surface area contributed by atoms with Gasteiger partial charge in [-0.1, -0.05) is 13.0 Å². The average molecular weight is 316 g/mol. The van der Waals surface area contributed by atoms with Gasteiger partial charge in [-0.25, -0.2) is 8.42 Å². The van der Waals surface area contributed by atoms with E-state index in [0.29, 0.717) is 18.0 Å². The third kappa shape index (κ3) is 3.91. The van der Waals surface area contributed by atoms with E-state index < -0.39 is 15.6 Å². The van der Waals surface area contributed by atoms with Crippen LogP contribution in [-0.4, -0.2) is 31.4 Å². The first-order valence-electron chi connectivity index (χ1n) is 6.66. The van der Waals surface area contributed by atoms with Crippen LogP contribution in [0.5, 0.6) is 0 Å². The van der Waals surface area contributed by atoms with E-state index >= 15 is 0 Å². The van der Waals surface area contributed by atoms with Crippen molar-refractivity contribution < 1.29 is 8.42 Å². The molecule has 0 radical (unpaired) electrons. The maximum Gasteiger partial charge on any atom is 0.244 e. The fourth-order valence-corrected chi connectivity index (χ4v) is 5.04. The van der Waals surface area contributed by atoms with Gasteiger partial charge in [0.2, 0.25) is 10.0 Å². The van der Waals surface area contributed by atoms with Crippen molar-refractivity contribution >= 4 is 21.4 Å². The van der Waals surface area contributed by atoms with Crippen LogP contribution in [0.2, 0.25) is 0 Å². The molecule has 0 amide bonds. The Hall–Kier alpha value is -0.690. The van der Waals surface area contributed by atoms with Crippen LogP contribution in [0.1, 0.15) is 32.6 Å². The van der Waals surface area contributed by atoms with E-state index in [-0.39, 0.29) is 0 Å². The maximum atomic E-state index is 12.9. The lowest BCUT2D eigenvalue weighted by Gasteiger charge is -2.33. The summed E-state index contributed by atoms with van der Waals surface area (Å²) in [7, 11) is -3.51. The quantitative estimate of drug-likeness (QED) is 0.787. The zero-order valence-corrected chi connectivity index (χ0v) is 14.3. The molecule has 0 saturated carbocycles. The van der Waals surface area contributed by atoms with Crippen LogP contribution < -0.4 is 5.32 Å². The van der Waals surface area contributed by atoms with Gasteiger partial charge in [-0.15, -0.1) is 17.9 Å². The number of sulfonamides is 1. The zero-order chi connectivity index (χ0) is 15.4. The number of nitrogens with one attached hydrogen (secondary N) is 1. The van der Waals surface area contributed by atoms with Gasteiger partial charge in [0.1, 0.15) is 0 Å². The van der Waals surface area contributed by atoms with Crippen molar-refractivity contribution in [3.05, 3.63) is 29.0 Å². The molecule has 0 atom stereocenters. The molecule has 0 saturated heterocycles. The lowest BCUT2D eigenvalue weighted by Crippen LogP contribution is -2.45. The van der Waals surface area contributed by atoms with E-state index in [1.807, 2.05) is 33.1 Å². The summed E-state index contributed by atoms with van der Waals surface area (Å²) in [5.74, 6) is 0. The lowest BCUT2D eigenvalue weighted by atomic mass is 10.1. The van der Waals surface area contributed by atoms with Crippen LogP contribution in [0.15, 0.2) is 29.0 Å². The van der Waals surface area contributed by atoms with Crippen molar-refractivity contribution in [2.45, 2.75) is 44.7 Å². The van der Waals surface area contributed by atoms with E-state index in [0.717, 1.165) is 11.4 Å². The summed E-state index contributed by atoms with van der Waals surface area (Å²) in [6.07, 6.45) is 1.62. The Kier molecular flexibility index (Phi) is 5.94. The summed E-state index contributed by atoms with van der Waals surface area (Å²) < 4.78 is 27.2. The second kappa shape index (κ2) is 6.85. The average Bonchev–Trinajstić information content (AvgIpc) is 2.80. The smallest absolute Gasteiger partial charge is 0.244 e. The number of nitrogens with zero attached hydrogens (tertiary/aromatic N) is 1. The SMILES string of the molecule is C=CCN(C(C)(C)C)S(=O)(=O)c1ccsc1CNCC. The Morgan fingerprint density at radius 1 is 1.45 bits per heavy atom. The van der Waals surface area contributed by atoms with E-state index in [1.165, 1.54) is 15.6 Å². The summed E-state index contributed by atoms with van der Waals surface area (Å²) in [6, 6.07) is 1.69. The number of hydrogen-bond donors (Lipinski definition) is 1. The number of rotatable bonds is 7. The fraction of sp³-hybridized carbons (Fsp3) is 0.571. The van der Waals surface area contributed by atoms with Gasteiger partial charge in [-0.05, 0) is 38.8 Å². The van der Waals surface area contributed by atoms with Crippen molar-refractivity contribution in [2.75, 3.05) is 13.1 Å². The molecule has 1 aromatic heterocycles. The van der Waals surface area contributed by atoms with Crippen LogP contribution in [-0.2, 0) is 16.6 Å². The standard InChI is InChI=1S/C14H24N2O2S2/c1-6-9-16(14(3,4)5)20(17,18)13-8-10-19-12(13)11-15-7-2/h6,8,10,15H,1,7,9,11H2,2-5H3. The molecule has 4 nitrogen and oxygen atoms in total. The van der Waals surface area contributed by atoms with Gasteiger partial charge >= 0.3 is 0 Å². The Labute approximate surface area is 126 Å². The summed E-state index contributed by atoms with van der Waals surface area (Å²) in [4.78, 5) is 1.25. The van der Waals surface area contributed by atoms with Crippen molar-refractivity contribution in [3.8, 4) is 0 Å². The maximum absolute atomic E-state index is 12.9. The van der Waals surface area contributed by atoms with Gasteiger partial charge in [-0.3, -0.25) is 0 Å². The van der Waals surface area contributed by atoms with Crippen molar-refractivity contribution in [2.24, 2.45) is 0 Å². The first-order valence-corrected chi connectivity index (χ1v) is 8.98. The van der Waals surface area contributed by atoms with Gasteiger partial charge in [-0.2, -0.15) is 4.31 Å². The molecular formula is C14H24N2O2S2. The monoisotopic (exact) mass is 316 g/mol. The fourth-order valence-electron chi connectivity index (χ4n) is 1.89. The molecule has 20 heavy (non-hydrogen) atoms. The molecule has 1 heterocycles. The highest BCUT2D eigenvalue weighted by molar-refractivity contribution is 7.89. The molecule has 0 bridgehead atoms. The minimum atomic E-state index is -3.51. The topological polar surface area (TPSA) is 49.4 Å². The Morgan fingerprint density at radius 3 is 2.60 bits per heavy atom. The summed E-state index contributed by atoms with van der Waals surface area (Å²) in [5, 5.41) is 5.01. The Balaban J connectivity index is 3.20. The van der Waals surface area contributed by atoms with E-state index in [4.69, 9.17) is 0 Å². The number of hydrogen-bond acceptors (Lipinski definition) is 4. The summed E-state index contributed by atoms with van der Waals surface area (Å²) >= 11 is 1.47.